The number of morpholine rings is 2. The smallest absolute Gasteiger partial charge is 0.378 e. The average Bonchev–Trinajstić information content (AvgIpc) is 3.37. The van der Waals surface area contributed by atoms with Crippen LogP contribution in [0.1, 0.15) is 35.2 Å². The molecular weight excluding hydrogens is 501 g/mol. The van der Waals surface area contributed by atoms with Crippen LogP contribution in [-0.2, 0) is 28.6 Å². The van der Waals surface area contributed by atoms with Gasteiger partial charge in [0.1, 0.15) is 11.1 Å². The van der Waals surface area contributed by atoms with Gasteiger partial charge in [-0.15, -0.1) is 0 Å². The number of aromatic nitrogens is 3. The first-order chi connectivity index (χ1) is 18.3. The number of H-pyrrole nitrogens is 1. The van der Waals surface area contributed by atoms with E-state index in [0.29, 0.717) is 70.3 Å². The number of hydrogen-bond donors (Lipinski definition) is 2. The number of benzene rings is 1. The summed E-state index contributed by atoms with van der Waals surface area (Å²) in [5.41, 5.74) is 3.17. The summed E-state index contributed by atoms with van der Waals surface area (Å²) in [4.78, 5) is 28.3. The molecule has 12 heteroatoms. The predicted octanol–water partition coefficient (Wildman–Crippen LogP) is 3.50. The van der Waals surface area contributed by atoms with Crippen LogP contribution in [-0.4, -0.2) is 82.9 Å². The molecule has 6 rings (SSSR count). The van der Waals surface area contributed by atoms with Gasteiger partial charge in [0.05, 0.1) is 50.4 Å². The second-order valence-electron chi connectivity index (χ2n) is 10.0. The quantitative estimate of drug-likeness (QED) is 0.527. The van der Waals surface area contributed by atoms with Gasteiger partial charge in [-0.2, -0.15) is 13.2 Å². The normalized spacial score (nSPS) is 22.5. The number of rotatable bonds is 2. The molecule has 2 aromatic heterocycles. The van der Waals surface area contributed by atoms with Gasteiger partial charge in [0.2, 0.25) is 0 Å². The molecule has 0 radical (unpaired) electrons. The molecule has 1 aromatic carbocycles. The van der Waals surface area contributed by atoms with E-state index in [2.05, 4.69) is 20.3 Å². The standard InChI is InChI=1S/C26H29F3N6O3/c1-15-13-38-7-5-35(15)25(36)34-4-2-16-8-17(9-18(19(16)12-34)22-14-37-6-3-30-22)21-11-32-24-23(33-21)20(10-31-24)26(27,28)29/h8-11,15,22,30H,2-7,12-14H2,1H3,(H,31,32)/t15-,22-/m0/s1. The number of nitrogens with one attached hydrogen (secondary N) is 2. The van der Waals surface area contributed by atoms with Crippen LogP contribution in [0.25, 0.3) is 22.4 Å². The zero-order chi connectivity index (χ0) is 26.4. The lowest BCUT2D eigenvalue weighted by atomic mass is 9.88. The monoisotopic (exact) mass is 530 g/mol. The van der Waals surface area contributed by atoms with Crippen LogP contribution in [0.15, 0.2) is 24.5 Å². The summed E-state index contributed by atoms with van der Waals surface area (Å²) in [5, 5.41) is 3.49. The van der Waals surface area contributed by atoms with Crippen molar-refractivity contribution in [2.75, 3.05) is 46.1 Å². The number of nitrogens with zero attached hydrogens (tertiary/aromatic N) is 4. The van der Waals surface area contributed by atoms with Gasteiger partial charge in [-0.1, -0.05) is 0 Å². The molecule has 9 nitrogen and oxygen atoms in total. The molecule has 3 aliphatic rings. The Bertz CT molecular complexity index is 1350. The SMILES string of the molecule is C[C@H]1COCCN1C(=O)N1CCc2cc(-c3cnc4[nH]cc(C(F)(F)F)c4n3)cc([C@@H]3COCCN3)c2C1. The van der Waals surface area contributed by atoms with E-state index in [-0.39, 0.29) is 29.3 Å². The van der Waals surface area contributed by atoms with Crippen LogP contribution in [0.2, 0.25) is 0 Å². The summed E-state index contributed by atoms with van der Waals surface area (Å²) >= 11 is 0. The van der Waals surface area contributed by atoms with Crippen LogP contribution < -0.4 is 5.32 Å². The van der Waals surface area contributed by atoms with E-state index < -0.39 is 11.7 Å². The van der Waals surface area contributed by atoms with E-state index in [1.165, 1.54) is 6.20 Å². The molecule has 2 amide bonds. The maximum atomic E-state index is 13.5. The van der Waals surface area contributed by atoms with Gasteiger partial charge >= 0.3 is 12.2 Å². The molecule has 0 spiro atoms. The van der Waals surface area contributed by atoms with E-state index in [1.807, 2.05) is 28.9 Å². The topological polar surface area (TPSA) is 95.6 Å². The van der Waals surface area contributed by atoms with Gasteiger partial charge in [0.15, 0.2) is 5.65 Å². The lowest BCUT2D eigenvalue weighted by Gasteiger charge is -2.40. The zero-order valence-electron chi connectivity index (χ0n) is 21.0. The second kappa shape index (κ2) is 9.83. The van der Waals surface area contributed by atoms with Crippen molar-refractivity contribution in [2.45, 2.75) is 38.1 Å². The first-order valence-corrected chi connectivity index (χ1v) is 12.8. The average molecular weight is 531 g/mol. The maximum Gasteiger partial charge on any atom is 0.420 e. The number of amides is 2. The number of urea groups is 1. The third-order valence-corrected chi connectivity index (χ3v) is 7.54. The van der Waals surface area contributed by atoms with Gasteiger partial charge in [0.25, 0.3) is 0 Å². The predicted molar refractivity (Wildman–Crippen MR) is 132 cm³/mol. The molecule has 0 aliphatic carbocycles. The van der Waals surface area contributed by atoms with Crippen LogP contribution in [0, 0.1) is 0 Å². The minimum Gasteiger partial charge on any atom is -0.378 e. The molecule has 5 heterocycles. The number of carbonyl (C=O) groups excluding carboxylic acids is 1. The zero-order valence-corrected chi connectivity index (χ0v) is 21.0. The Balaban J connectivity index is 1.38. The highest BCUT2D eigenvalue weighted by molar-refractivity contribution is 5.79. The minimum absolute atomic E-state index is 0.00205. The molecule has 38 heavy (non-hydrogen) atoms. The molecule has 3 aliphatic heterocycles. The Labute approximate surface area is 217 Å². The largest absolute Gasteiger partial charge is 0.420 e. The van der Waals surface area contributed by atoms with E-state index in [4.69, 9.17) is 9.47 Å². The highest BCUT2D eigenvalue weighted by atomic mass is 19.4. The van der Waals surface area contributed by atoms with Crippen molar-refractivity contribution >= 4 is 17.2 Å². The highest BCUT2D eigenvalue weighted by Crippen LogP contribution is 2.36. The summed E-state index contributed by atoms with van der Waals surface area (Å²) in [6.45, 7) is 6.36. The molecule has 0 bridgehead atoms. The second-order valence-corrected chi connectivity index (χ2v) is 10.0. The first kappa shape index (κ1) is 25.1. The Morgan fingerprint density at radius 3 is 2.76 bits per heavy atom. The molecule has 202 valence electrons. The van der Waals surface area contributed by atoms with E-state index in [9.17, 15) is 18.0 Å². The minimum atomic E-state index is -4.54. The highest BCUT2D eigenvalue weighted by Gasteiger charge is 2.35. The maximum absolute atomic E-state index is 13.5. The number of hydrogen-bond acceptors (Lipinski definition) is 6. The number of halogens is 3. The van der Waals surface area contributed by atoms with Gasteiger partial charge < -0.3 is 29.6 Å². The van der Waals surface area contributed by atoms with Crippen LogP contribution in [0.3, 0.4) is 0 Å². The van der Waals surface area contributed by atoms with E-state index in [1.54, 1.807) is 0 Å². The van der Waals surface area contributed by atoms with Crippen molar-refractivity contribution in [3.63, 3.8) is 0 Å². The number of aromatic amines is 1. The van der Waals surface area contributed by atoms with Gasteiger partial charge in [-0.3, -0.25) is 0 Å². The Morgan fingerprint density at radius 2 is 2.00 bits per heavy atom. The van der Waals surface area contributed by atoms with Gasteiger partial charge in [0, 0.05) is 37.9 Å². The van der Waals surface area contributed by atoms with E-state index in [0.717, 1.165) is 22.9 Å². The van der Waals surface area contributed by atoms with Crippen molar-refractivity contribution in [3.8, 4) is 11.3 Å². The molecule has 2 fully saturated rings. The Hall–Kier alpha value is -3.22. The fraction of sp³-hybridized carbons (Fsp3) is 0.500. The molecule has 2 N–H and O–H groups in total. The van der Waals surface area contributed by atoms with Gasteiger partial charge in [-0.05, 0) is 42.2 Å². The molecule has 0 saturated carbocycles. The van der Waals surface area contributed by atoms with Crippen molar-refractivity contribution in [1.82, 2.24) is 30.1 Å². The fourth-order valence-corrected chi connectivity index (χ4v) is 5.52. The molecular formula is C26H29F3N6O3. The summed E-state index contributed by atoms with van der Waals surface area (Å²) in [6.07, 6.45) is -1.52. The Kier molecular flexibility index (Phi) is 6.48. The van der Waals surface area contributed by atoms with Crippen molar-refractivity contribution in [3.05, 3.63) is 46.8 Å². The van der Waals surface area contributed by atoms with E-state index >= 15 is 0 Å². The lowest BCUT2D eigenvalue weighted by Crippen LogP contribution is -2.53. The molecule has 3 aromatic rings. The molecule has 2 atom stereocenters. The van der Waals surface area contributed by atoms with Crippen LogP contribution in [0.4, 0.5) is 18.0 Å². The third-order valence-electron chi connectivity index (χ3n) is 7.54. The van der Waals surface area contributed by atoms with Crippen molar-refractivity contribution < 1.29 is 27.4 Å². The number of alkyl halides is 3. The lowest BCUT2D eigenvalue weighted by molar-refractivity contribution is -0.136. The number of ether oxygens (including phenoxy) is 2. The van der Waals surface area contributed by atoms with Crippen LogP contribution in [0.5, 0.6) is 0 Å². The molecule has 2 saturated heterocycles. The van der Waals surface area contributed by atoms with Crippen molar-refractivity contribution in [2.24, 2.45) is 0 Å². The third kappa shape index (κ3) is 4.61. The summed E-state index contributed by atoms with van der Waals surface area (Å²) in [5.74, 6) is 0. The fourth-order valence-electron chi connectivity index (χ4n) is 5.52. The van der Waals surface area contributed by atoms with Crippen LogP contribution >= 0.6 is 0 Å². The number of carbonyl (C=O) groups is 1. The summed E-state index contributed by atoms with van der Waals surface area (Å²) in [6, 6.07) is 3.82. The molecule has 0 unspecified atom stereocenters. The Morgan fingerprint density at radius 1 is 1.16 bits per heavy atom. The summed E-state index contributed by atoms with van der Waals surface area (Å²) in [7, 11) is 0. The van der Waals surface area contributed by atoms with Crippen molar-refractivity contribution in [1.29, 1.82) is 0 Å². The summed E-state index contributed by atoms with van der Waals surface area (Å²) < 4.78 is 51.8. The number of fused-ring (bicyclic) bond motifs is 2. The van der Waals surface area contributed by atoms with Gasteiger partial charge in [-0.25, -0.2) is 14.8 Å². The first-order valence-electron chi connectivity index (χ1n) is 12.8.